The molecule has 0 fully saturated rings. The Bertz CT molecular complexity index is 914. The molecule has 7 nitrogen and oxygen atoms in total. The Morgan fingerprint density at radius 3 is 2.74 bits per heavy atom. The Morgan fingerprint density at radius 1 is 1.17 bits per heavy atom. The van der Waals surface area contributed by atoms with Gasteiger partial charge < -0.3 is 4.98 Å². The van der Waals surface area contributed by atoms with Crippen molar-refractivity contribution in [2.24, 2.45) is 5.10 Å². The molecule has 1 heterocycles. The SMILES string of the molecule is O=C(NN=Cc1c[nH]c2ccccc12)c1ccccc1[N+](=O)[O-]. The Kier molecular flexibility index (Phi) is 3.84. The second-order valence-electron chi connectivity index (χ2n) is 4.76. The summed E-state index contributed by atoms with van der Waals surface area (Å²) in [6.45, 7) is 0. The van der Waals surface area contributed by atoms with Gasteiger partial charge in [0, 0.05) is 28.7 Å². The Hall–Kier alpha value is -3.48. The lowest BCUT2D eigenvalue weighted by Gasteiger charge is -2.00. The number of aromatic amines is 1. The van der Waals surface area contributed by atoms with Crippen LogP contribution in [0.5, 0.6) is 0 Å². The van der Waals surface area contributed by atoms with Gasteiger partial charge in [-0.2, -0.15) is 5.10 Å². The van der Waals surface area contributed by atoms with Crippen molar-refractivity contribution < 1.29 is 9.72 Å². The predicted molar refractivity (Wildman–Crippen MR) is 86.5 cm³/mol. The van der Waals surface area contributed by atoms with Gasteiger partial charge >= 0.3 is 0 Å². The average Bonchev–Trinajstić information content (AvgIpc) is 2.98. The molecule has 0 bridgehead atoms. The van der Waals surface area contributed by atoms with Gasteiger partial charge in [-0.25, -0.2) is 5.43 Å². The van der Waals surface area contributed by atoms with Crippen molar-refractivity contribution in [3.8, 4) is 0 Å². The number of nitro benzene ring substituents is 1. The Morgan fingerprint density at radius 2 is 1.91 bits per heavy atom. The van der Waals surface area contributed by atoms with Crippen LogP contribution in [-0.4, -0.2) is 22.0 Å². The number of carbonyl (C=O) groups is 1. The molecule has 0 saturated carbocycles. The standard InChI is InChI=1S/C16H12N4O3/c21-16(13-6-2-4-8-15(13)20(22)23)19-18-10-11-9-17-14-7-3-1-5-12(11)14/h1-10,17H,(H,19,21). The smallest absolute Gasteiger partial charge is 0.282 e. The summed E-state index contributed by atoms with van der Waals surface area (Å²) < 4.78 is 0. The number of nitro groups is 1. The highest BCUT2D eigenvalue weighted by Gasteiger charge is 2.18. The summed E-state index contributed by atoms with van der Waals surface area (Å²) in [5, 5.41) is 15.8. The van der Waals surface area contributed by atoms with Crippen molar-refractivity contribution in [1.29, 1.82) is 0 Å². The molecular formula is C16H12N4O3. The number of hydrogen-bond donors (Lipinski definition) is 2. The molecule has 0 aliphatic heterocycles. The highest BCUT2D eigenvalue weighted by Crippen LogP contribution is 2.18. The van der Waals surface area contributed by atoms with Gasteiger partial charge in [0.2, 0.25) is 0 Å². The normalized spacial score (nSPS) is 11.0. The van der Waals surface area contributed by atoms with E-state index in [0.717, 1.165) is 16.5 Å². The molecule has 1 amide bonds. The minimum atomic E-state index is -0.631. The second-order valence-corrected chi connectivity index (χ2v) is 4.76. The molecule has 3 aromatic rings. The summed E-state index contributed by atoms with van der Waals surface area (Å²) >= 11 is 0. The van der Waals surface area contributed by atoms with Gasteiger partial charge in [-0.05, 0) is 12.1 Å². The summed E-state index contributed by atoms with van der Waals surface area (Å²) in [5.41, 5.74) is 3.78. The number of hydrazone groups is 1. The number of amides is 1. The summed E-state index contributed by atoms with van der Waals surface area (Å²) in [6.07, 6.45) is 3.26. The first-order valence-electron chi connectivity index (χ1n) is 6.80. The van der Waals surface area contributed by atoms with E-state index in [4.69, 9.17) is 0 Å². The largest absolute Gasteiger partial charge is 0.361 e. The van der Waals surface area contributed by atoms with Gasteiger partial charge in [0.1, 0.15) is 5.56 Å². The van der Waals surface area contributed by atoms with Gasteiger partial charge in [-0.3, -0.25) is 14.9 Å². The minimum absolute atomic E-state index is 0.0337. The molecule has 3 rings (SSSR count). The zero-order valence-corrected chi connectivity index (χ0v) is 11.9. The maximum atomic E-state index is 12.0. The first-order chi connectivity index (χ1) is 11.2. The fourth-order valence-electron chi connectivity index (χ4n) is 2.25. The van der Waals surface area contributed by atoms with E-state index < -0.39 is 10.8 Å². The lowest BCUT2D eigenvalue weighted by molar-refractivity contribution is -0.385. The zero-order valence-electron chi connectivity index (χ0n) is 11.9. The summed E-state index contributed by atoms with van der Waals surface area (Å²) in [5.74, 6) is -0.631. The Labute approximate surface area is 130 Å². The molecule has 0 unspecified atom stereocenters. The number of H-pyrrole nitrogens is 1. The molecule has 1 aromatic heterocycles. The number of nitrogens with one attached hydrogen (secondary N) is 2. The predicted octanol–water partition coefficient (Wildman–Crippen LogP) is 2.84. The third-order valence-electron chi connectivity index (χ3n) is 3.34. The van der Waals surface area contributed by atoms with E-state index >= 15 is 0 Å². The van der Waals surface area contributed by atoms with Crippen molar-refractivity contribution in [2.45, 2.75) is 0 Å². The Balaban J connectivity index is 1.78. The van der Waals surface area contributed by atoms with E-state index in [1.54, 1.807) is 12.3 Å². The highest BCUT2D eigenvalue weighted by atomic mass is 16.6. The van der Waals surface area contributed by atoms with Gasteiger partial charge in [-0.15, -0.1) is 0 Å². The van der Waals surface area contributed by atoms with Crippen LogP contribution in [0, 0.1) is 10.1 Å². The molecule has 0 saturated heterocycles. The van der Waals surface area contributed by atoms with Crippen molar-refractivity contribution in [1.82, 2.24) is 10.4 Å². The summed E-state index contributed by atoms with van der Waals surface area (Å²) in [4.78, 5) is 25.4. The molecule has 114 valence electrons. The minimum Gasteiger partial charge on any atom is -0.361 e. The third-order valence-corrected chi connectivity index (χ3v) is 3.34. The first kappa shape index (κ1) is 14.5. The topological polar surface area (TPSA) is 100 Å². The number of rotatable bonds is 4. The average molecular weight is 308 g/mol. The molecule has 7 heteroatoms. The molecule has 23 heavy (non-hydrogen) atoms. The first-order valence-corrected chi connectivity index (χ1v) is 6.80. The molecule has 0 radical (unpaired) electrons. The van der Waals surface area contributed by atoms with Crippen LogP contribution in [0.25, 0.3) is 10.9 Å². The lowest BCUT2D eigenvalue weighted by atomic mass is 10.2. The van der Waals surface area contributed by atoms with Crippen LogP contribution in [0.4, 0.5) is 5.69 Å². The van der Waals surface area contributed by atoms with Gasteiger partial charge in [-0.1, -0.05) is 30.3 Å². The summed E-state index contributed by atoms with van der Waals surface area (Å²) in [6, 6.07) is 13.4. The van der Waals surface area contributed by atoms with Crippen LogP contribution < -0.4 is 5.43 Å². The number of carbonyl (C=O) groups excluding carboxylic acids is 1. The van der Waals surface area contributed by atoms with Crippen molar-refractivity contribution >= 4 is 28.7 Å². The van der Waals surface area contributed by atoms with E-state index in [1.807, 2.05) is 24.3 Å². The highest BCUT2D eigenvalue weighted by molar-refractivity contribution is 6.01. The second kappa shape index (κ2) is 6.10. The number of hydrogen-bond acceptors (Lipinski definition) is 4. The summed E-state index contributed by atoms with van der Waals surface area (Å²) in [7, 11) is 0. The zero-order chi connectivity index (χ0) is 16.2. The van der Waals surface area contributed by atoms with Crippen LogP contribution in [0.3, 0.4) is 0 Å². The monoisotopic (exact) mass is 308 g/mol. The maximum absolute atomic E-state index is 12.0. The van der Waals surface area contributed by atoms with Crippen LogP contribution in [-0.2, 0) is 0 Å². The fraction of sp³-hybridized carbons (Fsp3) is 0. The van der Waals surface area contributed by atoms with E-state index in [2.05, 4.69) is 15.5 Å². The molecule has 0 atom stereocenters. The molecule has 2 aromatic carbocycles. The fourth-order valence-corrected chi connectivity index (χ4v) is 2.25. The number of fused-ring (bicyclic) bond motifs is 1. The molecule has 2 N–H and O–H groups in total. The number of benzene rings is 2. The number of para-hydroxylation sites is 2. The molecule has 0 aliphatic carbocycles. The molecule has 0 aliphatic rings. The van der Waals surface area contributed by atoms with Crippen molar-refractivity contribution in [3.63, 3.8) is 0 Å². The van der Waals surface area contributed by atoms with E-state index in [0.29, 0.717) is 0 Å². The third kappa shape index (κ3) is 2.93. The quantitative estimate of drug-likeness (QED) is 0.440. The van der Waals surface area contributed by atoms with E-state index in [-0.39, 0.29) is 11.3 Å². The maximum Gasteiger partial charge on any atom is 0.282 e. The molecule has 0 spiro atoms. The number of nitrogens with zero attached hydrogens (tertiary/aromatic N) is 2. The van der Waals surface area contributed by atoms with Crippen LogP contribution >= 0.6 is 0 Å². The van der Waals surface area contributed by atoms with E-state index in [1.165, 1.54) is 24.4 Å². The van der Waals surface area contributed by atoms with Crippen LogP contribution in [0.2, 0.25) is 0 Å². The van der Waals surface area contributed by atoms with Crippen molar-refractivity contribution in [3.05, 3.63) is 76.0 Å². The van der Waals surface area contributed by atoms with Crippen molar-refractivity contribution in [2.75, 3.05) is 0 Å². The molecular weight excluding hydrogens is 296 g/mol. The van der Waals surface area contributed by atoms with Gasteiger partial charge in [0.05, 0.1) is 11.1 Å². The van der Waals surface area contributed by atoms with Gasteiger partial charge in [0.25, 0.3) is 11.6 Å². The van der Waals surface area contributed by atoms with Crippen LogP contribution in [0.15, 0.2) is 59.8 Å². The van der Waals surface area contributed by atoms with Crippen LogP contribution in [0.1, 0.15) is 15.9 Å². The number of aromatic nitrogens is 1. The lowest BCUT2D eigenvalue weighted by Crippen LogP contribution is -2.18. The van der Waals surface area contributed by atoms with E-state index in [9.17, 15) is 14.9 Å². The van der Waals surface area contributed by atoms with Gasteiger partial charge in [0.15, 0.2) is 0 Å².